The van der Waals surface area contributed by atoms with Gasteiger partial charge in [-0.15, -0.1) is 0 Å². The molecule has 23 heavy (non-hydrogen) atoms. The number of rotatable bonds is 4. The molecule has 1 aliphatic rings. The van der Waals surface area contributed by atoms with Crippen LogP contribution in [0.1, 0.15) is 17.3 Å². The fraction of sp³-hybridized carbons (Fsp3) is 0.353. The lowest BCUT2D eigenvalue weighted by atomic mass is 10.2. The molecule has 1 aromatic carbocycles. The van der Waals surface area contributed by atoms with Crippen molar-refractivity contribution in [1.29, 1.82) is 0 Å². The normalized spacial score (nSPS) is 15.7. The molecule has 0 radical (unpaired) electrons. The van der Waals surface area contributed by atoms with Crippen LogP contribution in [0.2, 0.25) is 5.02 Å². The Kier molecular flexibility index (Phi) is 4.88. The molecule has 6 heteroatoms. The molecule has 0 unspecified atom stereocenters. The molecule has 1 amide bonds. The van der Waals surface area contributed by atoms with Gasteiger partial charge >= 0.3 is 0 Å². The van der Waals surface area contributed by atoms with Crippen LogP contribution in [0.5, 0.6) is 0 Å². The Bertz CT molecular complexity index is 664. The molecule has 1 fully saturated rings. The molecule has 1 aliphatic heterocycles. The number of carbonyl (C=O) groups excluding carboxylic acids is 1. The standard InChI is InChI=1S/C17H20ClN3O2/c1-2-20-6-8-21(9-7-20)16-4-3-14(18)11-15(16)19-17(22)13-5-10-23-12-13/h3-5,10-12H,2,6-9H2,1H3,(H,19,22). The summed E-state index contributed by atoms with van der Waals surface area (Å²) in [6.07, 6.45) is 2.91. The number of halogens is 1. The number of piperazine rings is 1. The van der Waals surface area contributed by atoms with E-state index in [9.17, 15) is 4.79 Å². The van der Waals surface area contributed by atoms with Crippen LogP contribution in [0.4, 0.5) is 11.4 Å². The molecular formula is C17H20ClN3O2. The number of hydrogen-bond donors (Lipinski definition) is 1. The van der Waals surface area contributed by atoms with Gasteiger partial charge in [0.25, 0.3) is 5.91 Å². The minimum atomic E-state index is -0.200. The third-order valence-corrected chi connectivity index (χ3v) is 4.39. The molecule has 0 saturated carbocycles. The second kappa shape index (κ2) is 7.06. The Labute approximate surface area is 140 Å². The lowest BCUT2D eigenvalue weighted by Gasteiger charge is -2.36. The van der Waals surface area contributed by atoms with Crippen LogP contribution in [0, 0.1) is 0 Å². The van der Waals surface area contributed by atoms with Gasteiger partial charge in [0, 0.05) is 31.2 Å². The summed E-state index contributed by atoms with van der Waals surface area (Å²) in [5.41, 5.74) is 2.22. The van der Waals surface area contributed by atoms with E-state index in [0.29, 0.717) is 10.6 Å². The van der Waals surface area contributed by atoms with Crippen molar-refractivity contribution in [2.75, 3.05) is 42.9 Å². The summed E-state index contributed by atoms with van der Waals surface area (Å²) < 4.78 is 4.96. The molecule has 2 aromatic rings. The number of likely N-dealkylation sites (N-methyl/N-ethyl adjacent to an activating group) is 1. The molecule has 0 bridgehead atoms. The Morgan fingerprint density at radius 1 is 1.26 bits per heavy atom. The number of benzene rings is 1. The predicted molar refractivity (Wildman–Crippen MR) is 92.4 cm³/mol. The van der Waals surface area contributed by atoms with E-state index in [0.717, 1.165) is 44.1 Å². The number of nitrogens with zero attached hydrogens (tertiary/aromatic N) is 2. The van der Waals surface area contributed by atoms with Gasteiger partial charge in [0.05, 0.1) is 23.2 Å². The molecule has 1 saturated heterocycles. The third-order valence-electron chi connectivity index (χ3n) is 4.15. The Morgan fingerprint density at radius 2 is 2.04 bits per heavy atom. The van der Waals surface area contributed by atoms with Crippen molar-refractivity contribution in [3.05, 3.63) is 47.4 Å². The summed E-state index contributed by atoms with van der Waals surface area (Å²) in [6.45, 7) is 7.16. The summed E-state index contributed by atoms with van der Waals surface area (Å²) in [4.78, 5) is 17.0. The molecule has 122 valence electrons. The smallest absolute Gasteiger partial charge is 0.258 e. The summed E-state index contributed by atoms with van der Waals surface area (Å²) in [6, 6.07) is 7.26. The zero-order valence-corrected chi connectivity index (χ0v) is 13.8. The number of nitrogens with one attached hydrogen (secondary N) is 1. The number of furan rings is 1. The molecular weight excluding hydrogens is 314 g/mol. The van der Waals surface area contributed by atoms with E-state index in [4.69, 9.17) is 16.0 Å². The van der Waals surface area contributed by atoms with Crippen molar-refractivity contribution >= 4 is 28.9 Å². The molecule has 2 heterocycles. The molecule has 0 atom stereocenters. The maximum Gasteiger partial charge on any atom is 0.258 e. The van der Waals surface area contributed by atoms with Gasteiger partial charge in [-0.05, 0) is 30.8 Å². The van der Waals surface area contributed by atoms with E-state index < -0.39 is 0 Å². The fourth-order valence-corrected chi connectivity index (χ4v) is 2.95. The summed E-state index contributed by atoms with van der Waals surface area (Å²) >= 11 is 6.11. The first-order chi connectivity index (χ1) is 11.2. The van der Waals surface area contributed by atoms with Crippen LogP contribution in [-0.2, 0) is 0 Å². The molecule has 5 nitrogen and oxygen atoms in total. The van der Waals surface area contributed by atoms with Crippen molar-refractivity contribution in [2.24, 2.45) is 0 Å². The number of anilines is 2. The average Bonchev–Trinajstić information content (AvgIpc) is 3.10. The second-order valence-electron chi connectivity index (χ2n) is 5.55. The number of amides is 1. The Hall–Kier alpha value is -1.98. The maximum atomic E-state index is 12.3. The SMILES string of the molecule is CCN1CCN(c2ccc(Cl)cc2NC(=O)c2ccoc2)CC1. The van der Waals surface area contributed by atoms with E-state index in [1.165, 1.54) is 12.5 Å². The van der Waals surface area contributed by atoms with Crippen molar-refractivity contribution in [3.8, 4) is 0 Å². The summed E-state index contributed by atoms with van der Waals surface area (Å²) in [5, 5.41) is 3.54. The van der Waals surface area contributed by atoms with Crippen molar-refractivity contribution in [1.82, 2.24) is 4.90 Å². The fourth-order valence-electron chi connectivity index (χ4n) is 2.78. The minimum absolute atomic E-state index is 0.200. The average molecular weight is 334 g/mol. The monoisotopic (exact) mass is 333 g/mol. The van der Waals surface area contributed by atoms with Crippen LogP contribution in [0.15, 0.2) is 41.2 Å². The van der Waals surface area contributed by atoms with Crippen LogP contribution in [0.25, 0.3) is 0 Å². The van der Waals surface area contributed by atoms with E-state index in [2.05, 4.69) is 22.0 Å². The lowest BCUT2D eigenvalue weighted by Crippen LogP contribution is -2.46. The largest absolute Gasteiger partial charge is 0.472 e. The quantitative estimate of drug-likeness (QED) is 0.932. The van der Waals surface area contributed by atoms with Gasteiger partial charge in [-0.1, -0.05) is 18.5 Å². The van der Waals surface area contributed by atoms with Crippen LogP contribution in [-0.4, -0.2) is 43.5 Å². The highest BCUT2D eigenvalue weighted by molar-refractivity contribution is 6.31. The van der Waals surface area contributed by atoms with Crippen LogP contribution >= 0.6 is 11.6 Å². The van der Waals surface area contributed by atoms with Crippen LogP contribution < -0.4 is 10.2 Å². The zero-order valence-electron chi connectivity index (χ0n) is 13.1. The summed E-state index contributed by atoms with van der Waals surface area (Å²) in [5.74, 6) is -0.200. The highest BCUT2D eigenvalue weighted by Gasteiger charge is 2.19. The van der Waals surface area contributed by atoms with E-state index >= 15 is 0 Å². The van der Waals surface area contributed by atoms with Crippen molar-refractivity contribution < 1.29 is 9.21 Å². The van der Waals surface area contributed by atoms with Crippen molar-refractivity contribution in [3.63, 3.8) is 0 Å². The Morgan fingerprint density at radius 3 is 2.70 bits per heavy atom. The first kappa shape index (κ1) is 15.9. The van der Waals surface area contributed by atoms with Crippen LogP contribution in [0.3, 0.4) is 0 Å². The van der Waals surface area contributed by atoms with Gasteiger partial charge in [-0.3, -0.25) is 4.79 Å². The van der Waals surface area contributed by atoms with Gasteiger partial charge in [0.2, 0.25) is 0 Å². The number of carbonyl (C=O) groups is 1. The maximum absolute atomic E-state index is 12.3. The lowest BCUT2D eigenvalue weighted by molar-refractivity contribution is 0.102. The predicted octanol–water partition coefficient (Wildman–Crippen LogP) is 3.33. The van der Waals surface area contributed by atoms with Gasteiger partial charge in [-0.2, -0.15) is 0 Å². The molecule has 0 spiro atoms. The molecule has 1 aromatic heterocycles. The third kappa shape index (κ3) is 3.68. The van der Waals surface area contributed by atoms with Gasteiger partial charge < -0.3 is 19.5 Å². The highest BCUT2D eigenvalue weighted by Crippen LogP contribution is 2.30. The molecule has 3 rings (SSSR count). The van der Waals surface area contributed by atoms with Gasteiger partial charge in [-0.25, -0.2) is 0 Å². The molecule has 0 aliphatic carbocycles. The molecule has 1 N–H and O–H groups in total. The first-order valence-corrected chi connectivity index (χ1v) is 8.15. The van der Waals surface area contributed by atoms with E-state index in [1.807, 2.05) is 12.1 Å². The highest BCUT2D eigenvalue weighted by atomic mass is 35.5. The topological polar surface area (TPSA) is 48.7 Å². The Balaban J connectivity index is 1.79. The van der Waals surface area contributed by atoms with Gasteiger partial charge in [0.1, 0.15) is 6.26 Å². The second-order valence-corrected chi connectivity index (χ2v) is 5.99. The first-order valence-electron chi connectivity index (χ1n) is 7.78. The zero-order chi connectivity index (χ0) is 16.2. The minimum Gasteiger partial charge on any atom is -0.472 e. The van der Waals surface area contributed by atoms with Gasteiger partial charge in [0.15, 0.2) is 0 Å². The van der Waals surface area contributed by atoms with E-state index in [1.54, 1.807) is 12.1 Å². The number of hydrogen-bond acceptors (Lipinski definition) is 4. The summed E-state index contributed by atoms with van der Waals surface area (Å²) in [7, 11) is 0. The van der Waals surface area contributed by atoms with E-state index in [-0.39, 0.29) is 5.91 Å². The van der Waals surface area contributed by atoms with Crippen molar-refractivity contribution in [2.45, 2.75) is 6.92 Å².